The molecule has 0 spiro atoms. The molecule has 3 aliphatic heterocycles. The van der Waals surface area contributed by atoms with Crippen LogP contribution in [0.4, 0.5) is 28.4 Å². The number of benzene rings is 8. The molecule has 0 aliphatic carbocycles. The summed E-state index contributed by atoms with van der Waals surface area (Å²) >= 11 is 0. The smallest absolute Gasteiger partial charge is 0.333 e. The van der Waals surface area contributed by atoms with Crippen LogP contribution in [-0.4, -0.2) is 6.85 Å². The fourth-order valence-corrected chi connectivity index (χ4v) is 10.7. The van der Waals surface area contributed by atoms with E-state index in [9.17, 15) is 0 Å². The SMILES string of the molecule is Cc1cc2c3c(c1)N1c4ccccc4C(c4ccccc4)(c4ccccc4)c4cccc(c41)B3N(c1ccc(C(C)(C)C)cc1)c1ccc3oc4ccccc4c3c1-2. The molecule has 4 heterocycles. The average Bonchev–Trinajstić information content (AvgIpc) is 3.64. The van der Waals surface area contributed by atoms with Gasteiger partial charge in [-0.3, -0.25) is 0 Å². The summed E-state index contributed by atoms with van der Waals surface area (Å²) in [6.07, 6.45) is 0. The van der Waals surface area contributed by atoms with E-state index in [1.807, 2.05) is 0 Å². The summed E-state index contributed by atoms with van der Waals surface area (Å²) in [6.45, 7) is 9.03. The van der Waals surface area contributed by atoms with Crippen molar-refractivity contribution in [3.05, 3.63) is 209 Å². The maximum Gasteiger partial charge on any atom is 0.333 e. The molecule has 0 unspecified atom stereocenters. The maximum atomic E-state index is 6.60. The summed E-state index contributed by atoms with van der Waals surface area (Å²) in [7, 11) is 0. The molecule has 9 aromatic rings. The van der Waals surface area contributed by atoms with Crippen LogP contribution < -0.4 is 20.6 Å². The molecule has 0 fully saturated rings. The zero-order chi connectivity index (χ0) is 38.9. The first-order chi connectivity index (χ1) is 28.3. The summed E-state index contributed by atoms with van der Waals surface area (Å²) in [6, 6.07) is 65.7. The molecule has 0 saturated heterocycles. The van der Waals surface area contributed by atoms with Gasteiger partial charge in [0.2, 0.25) is 0 Å². The van der Waals surface area contributed by atoms with Crippen molar-refractivity contribution < 1.29 is 4.42 Å². The van der Waals surface area contributed by atoms with Gasteiger partial charge in [0.15, 0.2) is 0 Å². The number of hydrogen-bond donors (Lipinski definition) is 0. The Labute approximate surface area is 339 Å². The molecule has 276 valence electrons. The second kappa shape index (κ2) is 11.9. The fourth-order valence-electron chi connectivity index (χ4n) is 10.7. The van der Waals surface area contributed by atoms with Gasteiger partial charge < -0.3 is 14.1 Å². The highest BCUT2D eigenvalue weighted by atomic mass is 16.3. The maximum absolute atomic E-state index is 6.60. The minimum atomic E-state index is -0.557. The minimum Gasteiger partial charge on any atom is -0.456 e. The highest BCUT2D eigenvalue weighted by Gasteiger charge is 2.53. The third-order valence-corrected chi connectivity index (χ3v) is 13.1. The molecule has 1 aromatic heterocycles. The third-order valence-electron chi connectivity index (χ3n) is 13.1. The number of para-hydroxylation sites is 3. The van der Waals surface area contributed by atoms with Crippen LogP contribution >= 0.6 is 0 Å². The van der Waals surface area contributed by atoms with Gasteiger partial charge in [-0.05, 0) is 105 Å². The fraction of sp³-hybridized carbons (Fsp3) is 0.111. The predicted octanol–water partition coefficient (Wildman–Crippen LogP) is 12.6. The zero-order valence-corrected chi connectivity index (χ0v) is 33.1. The molecular formula is C54H41BN2O. The standard InChI is InChI=1S/C54H41BN2O/c1-34-32-40-49-45(30-31-48-50(49)39-20-11-14-25-47(39)58-48)57(38-28-26-35(27-29-38)53(2,3)4)55-43-23-15-22-42-52(43)56(46(33-34)51(40)55)44-24-13-12-21-41(44)54(42,36-16-7-5-8-17-36)37-18-9-6-10-19-37/h5-33H,1-4H3. The second-order valence-corrected chi connectivity index (χ2v) is 17.3. The van der Waals surface area contributed by atoms with Crippen molar-refractivity contribution in [2.45, 2.75) is 38.5 Å². The van der Waals surface area contributed by atoms with Gasteiger partial charge in [-0.1, -0.05) is 154 Å². The molecule has 8 aromatic carbocycles. The normalized spacial score (nSPS) is 14.6. The summed E-state index contributed by atoms with van der Waals surface area (Å²) in [4.78, 5) is 5.23. The van der Waals surface area contributed by atoms with Crippen LogP contribution in [0.3, 0.4) is 0 Å². The van der Waals surface area contributed by atoms with Crippen molar-refractivity contribution in [3.63, 3.8) is 0 Å². The molecule has 3 aliphatic rings. The van der Waals surface area contributed by atoms with Gasteiger partial charge in [0, 0.05) is 39.1 Å². The Balaban J connectivity index is 1.24. The Bertz CT molecular complexity index is 3080. The van der Waals surface area contributed by atoms with E-state index in [2.05, 4.69) is 213 Å². The van der Waals surface area contributed by atoms with Gasteiger partial charge in [0.25, 0.3) is 0 Å². The molecule has 58 heavy (non-hydrogen) atoms. The van der Waals surface area contributed by atoms with Crippen LogP contribution in [-0.2, 0) is 10.8 Å². The largest absolute Gasteiger partial charge is 0.456 e. The van der Waals surface area contributed by atoms with E-state index >= 15 is 0 Å². The number of furan rings is 1. The van der Waals surface area contributed by atoms with E-state index in [0.29, 0.717) is 0 Å². The lowest BCUT2D eigenvalue weighted by Crippen LogP contribution is -2.62. The first-order valence-corrected chi connectivity index (χ1v) is 20.5. The van der Waals surface area contributed by atoms with Gasteiger partial charge in [0.1, 0.15) is 11.2 Å². The van der Waals surface area contributed by atoms with Crippen LogP contribution in [0, 0.1) is 6.92 Å². The Kier molecular flexibility index (Phi) is 6.83. The summed E-state index contributed by atoms with van der Waals surface area (Å²) in [5.74, 6) is 0. The summed E-state index contributed by atoms with van der Waals surface area (Å²) in [5, 5.41) is 2.31. The van der Waals surface area contributed by atoms with Crippen LogP contribution in [0.1, 0.15) is 54.2 Å². The summed E-state index contributed by atoms with van der Waals surface area (Å²) in [5.41, 5.74) is 20.1. The number of fused-ring (bicyclic) bond motifs is 10. The van der Waals surface area contributed by atoms with Crippen LogP contribution in [0.5, 0.6) is 0 Å². The van der Waals surface area contributed by atoms with Crippen LogP contribution in [0.15, 0.2) is 180 Å². The van der Waals surface area contributed by atoms with Crippen molar-refractivity contribution in [2.24, 2.45) is 0 Å². The van der Waals surface area contributed by atoms with Crippen molar-refractivity contribution in [2.75, 3.05) is 9.71 Å². The number of rotatable bonds is 3. The highest BCUT2D eigenvalue weighted by molar-refractivity contribution is 6.93. The summed E-state index contributed by atoms with van der Waals surface area (Å²) < 4.78 is 6.60. The lowest BCUT2D eigenvalue weighted by atomic mass is 9.42. The zero-order valence-electron chi connectivity index (χ0n) is 33.1. The van der Waals surface area contributed by atoms with Crippen molar-refractivity contribution in [3.8, 4) is 11.1 Å². The van der Waals surface area contributed by atoms with Crippen molar-refractivity contribution in [1.82, 2.24) is 0 Å². The van der Waals surface area contributed by atoms with Crippen LogP contribution in [0.25, 0.3) is 33.1 Å². The second-order valence-electron chi connectivity index (χ2n) is 17.3. The van der Waals surface area contributed by atoms with Gasteiger partial charge in [-0.25, -0.2) is 0 Å². The monoisotopic (exact) mass is 744 g/mol. The molecule has 0 saturated carbocycles. The van der Waals surface area contributed by atoms with Gasteiger partial charge in [-0.15, -0.1) is 0 Å². The Hall–Kier alpha value is -6.78. The van der Waals surface area contributed by atoms with Crippen LogP contribution in [0.2, 0.25) is 0 Å². The molecular weight excluding hydrogens is 703 g/mol. The van der Waals surface area contributed by atoms with E-state index in [-0.39, 0.29) is 12.3 Å². The molecule has 4 heteroatoms. The van der Waals surface area contributed by atoms with Gasteiger partial charge >= 0.3 is 6.85 Å². The molecule has 3 nitrogen and oxygen atoms in total. The van der Waals surface area contributed by atoms with Gasteiger partial charge in [0.05, 0.1) is 11.1 Å². The highest BCUT2D eigenvalue weighted by Crippen LogP contribution is 2.59. The predicted molar refractivity (Wildman–Crippen MR) is 243 cm³/mol. The van der Waals surface area contributed by atoms with E-state index in [1.165, 1.54) is 89.3 Å². The first kappa shape index (κ1) is 33.4. The van der Waals surface area contributed by atoms with Crippen molar-refractivity contribution in [1.29, 1.82) is 0 Å². The first-order valence-electron chi connectivity index (χ1n) is 20.5. The molecule has 0 radical (unpaired) electrons. The van der Waals surface area contributed by atoms with E-state index in [1.54, 1.807) is 0 Å². The number of aryl methyl sites for hydroxylation is 1. The molecule has 0 bridgehead atoms. The van der Waals surface area contributed by atoms with E-state index in [0.717, 1.165) is 16.6 Å². The Morgan fingerprint density at radius 1 is 0.569 bits per heavy atom. The number of nitrogens with zero attached hydrogens (tertiary/aromatic N) is 2. The van der Waals surface area contributed by atoms with E-state index in [4.69, 9.17) is 4.42 Å². The lowest BCUT2D eigenvalue weighted by Gasteiger charge is -2.52. The Morgan fingerprint density at radius 2 is 1.24 bits per heavy atom. The molecule has 0 N–H and O–H groups in total. The minimum absolute atomic E-state index is 0.0347. The molecule has 0 atom stereocenters. The number of anilines is 5. The van der Waals surface area contributed by atoms with E-state index < -0.39 is 5.41 Å². The molecule has 0 amide bonds. The lowest BCUT2D eigenvalue weighted by molar-refractivity contribution is 0.590. The van der Waals surface area contributed by atoms with Gasteiger partial charge in [-0.2, -0.15) is 0 Å². The third kappa shape index (κ3) is 4.35. The topological polar surface area (TPSA) is 19.6 Å². The quantitative estimate of drug-likeness (QED) is 0.168. The molecule has 12 rings (SSSR count). The number of hydrogen-bond acceptors (Lipinski definition) is 3. The average molecular weight is 745 g/mol. The van der Waals surface area contributed by atoms with Crippen molar-refractivity contribution >= 4 is 68.1 Å². The Morgan fingerprint density at radius 3 is 1.98 bits per heavy atom.